The van der Waals surface area contributed by atoms with E-state index < -0.39 is 5.97 Å². The first-order valence-electron chi connectivity index (χ1n) is 6.03. The van der Waals surface area contributed by atoms with Crippen LogP contribution in [0.25, 0.3) is 0 Å². The van der Waals surface area contributed by atoms with E-state index in [4.69, 9.17) is 5.11 Å². The van der Waals surface area contributed by atoms with Crippen molar-refractivity contribution in [3.8, 4) is 0 Å². The Hall–Kier alpha value is -2.21. The molecule has 0 radical (unpaired) electrons. The molecular weight excluding hydrogens is 244 g/mol. The van der Waals surface area contributed by atoms with E-state index in [-0.39, 0.29) is 0 Å². The van der Waals surface area contributed by atoms with E-state index in [9.17, 15) is 4.79 Å². The van der Waals surface area contributed by atoms with Gasteiger partial charge in [0.1, 0.15) is 6.33 Å². The molecule has 0 saturated heterocycles. The highest BCUT2D eigenvalue weighted by molar-refractivity contribution is 5.89. The Morgan fingerprint density at radius 2 is 2.21 bits per heavy atom. The Labute approximate surface area is 111 Å². The van der Waals surface area contributed by atoms with E-state index in [2.05, 4.69) is 15.4 Å². The molecule has 2 rings (SSSR count). The number of carbonyl (C=O) groups is 1. The molecule has 0 aliphatic rings. The number of hydrogen-bond acceptors (Lipinski definition) is 4. The van der Waals surface area contributed by atoms with Crippen LogP contribution in [-0.4, -0.2) is 32.4 Å². The van der Waals surface area contributed by atoms with Crippen molar-refractivity contribution >= 4 is 5.97 Å². The number of hydrogen-bond donors (Lipinski definition) is 2. The maximum absolute atomic E-state index is 11.0. The third-order valence-electron chi connectivity index (χ3n) is 2.74. The van der Waals surface area contributed by atoms with Crippen molar-refractivity contribution in [2.45, 2.75) is 13.0 Å². The first-order valence-corrected chi connectivity index (χ1v) is 6.03. The third kappa shape index (κ3) is 3.62. The van der Waals surface area contributed by atoms with Crippen LogP contribution in [0.3, 0.4) is 0 Å². The summed E-state index contributed by atoms with van der Waals surface area (Å²) in [4.78, 5) is 15.2. The smallest absolute Gasteiger partial charge is 0.336 e. The van der Waals surface area contributed by atoms with Gasteiger partial charge in [0, 0.05) is 26.6 Å². The zero-order chi connectivity index (χ0) is 13.7. The Morgan fingerprint density at radius 1 is 1.42 bits per heavy atom. The highest BCUT2D eigenvalue weighted by Crippen LogP contribution is 2.08. The quantitative estimate of drug-likeness (QED) is 0.752. The van der Waals surface area contributed by atoms with Crippen LogP contribution in [-0.2, 0) is 20.0 Å². The molecule has 1 aromatic carbocycles. The number of nitrogens with zero attached hydrogens (tertiary/aromatic N) is 3. The van der Waals surface area contributed by atoms with Crippen molar-refractivity contribution in [2.24, 2.45) is 7.05 Å². The van der Waals surface area contributed by atoms with E-state index in [0.29, 0.717) is 18.7 Å². The first-order chi connectivity index (χ1) is 9.16. The average Bonchev–Trinajstić information content (AvgIpc) is 2.81. The number of carboxylic acids is 1. The lowest BCUT2D eigenvalue weighted by Crippen LogP contribution is -2.19. The SMILES string of the molecule is Cn1cnc(CCNCc2ccccc2C(=O)O)n1. The molecule has 0 unspecified atom stereocenters. The molecule has 100 valence electrons. The molecule has 2 aromatic rings. The van der Waals surface area contributed by atoms with E-state index in [1.807, 2.05) is 19.2 Å². The molecule has 0 saturated carbocycles. The predicted molar refractivity (Wildman–Crippen MR) is 69.8 cm³/mol. The van der Waals surface area contributed by atoms with Gasteiger partial charge in [0.25, 0.3) is 0 Å². The standard InChI is InChI=1S/C13H16N4O2/c1-17-9-15-12(16-17)6-7-14-8-10-4-2-3-5-11(10)13(18)19/h2-5,9,14H,6-8H2,1H3,(H,18,19). The molecule has 0 amide bonds. The van der Waals surface area contributed by atoms with Gasteiger partial charge in [-0.2, -0.15) is 5.10 Å². The van der Waals surface area contributed by atoms with Gasteiger partial charge < -0.3 is 10.4 Å². The number of carboxylic acid groups (broad SMARTS) is 1. The van der Waals surface area contributed by atoms with Crippen LogP contribution >= 0.6 is 0 Å². The second-order valence-corrected chi connectivity index (χ2v) is 4.22. The molecule has 0 aliphatic carbocycles. The van der Waals surface area contributed by atoms with Gasteiger partial charge in [-0.15, -0.1) is 0 Å². The number of aryl methyl sites for hydroxylation is 1. The monoisotopic (exact) mass is 260 g/mol. The Morgan fingerprint density at radius 3 is 2.89 bits per heavy atom. The number of aromatic nitrogens is 3. The number of benzene rings is 1. The zero-order valence-corrected chi connectivity index (χ0v) is 10.7. The van der Waals surface area contributed by atoms with Gasteiger partial charge in [-0.05, 0) is 11.6 Å². The van der Waals surface area contributed by atoms with Crippen LogP contribution < -0.4 is 5.32 Å². The molecule has 6 heteroatoms. The summed E-state index contributed by atoms with van der Waals surface area (Å²) >= 11 is 0. The maximum atomic E-state index is 11.0. The normalized spacial score (nSPS) is 10.6. The molecule has 1 heterocycles. The topological polar surface area (TPSA) is 80.0 Å². The number of rotatable bonds is 6. The van der Waals surface area contributed by atoms with Crippen molar-refractivity contribution in [1.29, 1.82) is 0 Å². The van der Waals surface area contributed by atoms with Crippen LogP contribution in [0.15, 0.2) is 30.6 Å². The molecule has 0 aliphatic heterocycles. The predicted octanol–water partition coefficient (Wildman–Crippen LogP) is 0.846. The van der Waals surface area contributed by atoms with Crippen LogP contribution in [0.1, 0.15) is 21.7 Å². The highest BCUT2D eigenvalue weighted by Gasteiger charge is 2.08. The fraction of sp³-hybridized carbons (Fsp3) is 0.308. The Kier molecular flexibility index (Phi) is 4.25. The highest BCUT2D eigenvalue weighted by atomic mass is 16.4. The molecule has 0 fully saturated rings. The van der Waals surface area contributed by atoms with Crippen molar-refractivity contribution in [3.05, 3.63) is 47.5 Å². The summed E-state index contributed by atoms with van der Waals surface area (Å²) < 4.78 is 1.66. The lowest BCUT2D eigenvalue weighted by Gasteiger charge is -2.06. The van der Waals surface area contributed by atoms with Gasteiger partial charge in [-0.3, -0.25) is 4.68 Å². The van der Waals surface area contributed by atoms with Gasteiger partial charge in [0.05, 0.1) is 5.56 Å². The van der Waals surface area contributed by atoms with E-state index in [0.717, 1.165) is 17.8 Å². The summed E-state index contributed by atoms with van der Waals surface area (Å²) in [5.41, 5.74) is 1.12. The van der Waals surface area contributed by atoms with Gasteiger partial charge in [-0.1, -0.05) is 18.2 Å². The second kappa shape index (κ2) is 6.10. The Bertz CT molecular complexity index is 565. The van der Waals surface area contributed by atoms with E-state index in [1.165, 1.54) is 0 Å². The van der Waals surface area contributed by atoms with Crippen molar-refractivity contribution in [1.82, 2.24) is 20.1 Å². The van der Waals surface area contributed by atoms with Crippen LogP contribution in [0.2, 0.25) is 0 Å². The maximum Gasteiger partial charge on any atom is 0.336 e. The number of nitrogens with one attached hydrogen (secondary N) is 1. The van der Waals surface area contributed by atoms with Crippen LogP contribution in [0.4, 0.5) is 0 Å². The van der Waals surface area contributed by atoms with Gasteiger partial charge >= 0.3 is 5.97 Å². The fourth-order valence-electron chi connectivity index (χ4n) is 1.80. The lowest BCUT2D eigenvalue weighted by molar-refractivity contribution is 0.0695. The van der Waals surface area contributed by atoms with Crippen molar-refractivity contribution in [3.63, 3.8) is 0 Å². The Balaban J connectivity index is 1.84. The van der Waals surface area contributed by atoms with Gasteiger partial charge in [-0.25, -0.2) is 9.78 Å². The largest absolute Gasteiger partial charge is 0.478 e. The average molecular weight is 260 g/mol. The lowest BCUT2D eigenvalue weighted by atomic mass is 10.1. The first kappa shape index (κ1) is 13.2. The molecule has 6 nitrogen and oxygen atoms in total. The van der Waals surface area contributed by atoms with Gasteiger partial charge in [0.2, 0.25) is 0 Å². The second-order valence-electron chi connectivity index (χ2n) is 4.22. The molecule has 0 atom stereocenters. The van der Waals surface area contributed by atoms with Crippen molar-refractivity contribution < 1.29 is 9.90 Å². The molecule has 0 spiro atoms. The molecule has 1 aromatic heterocycles. The minimum absolute atomic E-state index is 0.339. The number of aromatic carboxylic acids is 1. The summed E-state index contributed by atoms with van der Waals surface area (Å²) in [6.45, 7) is 1.23. The summed E-state index contributed by atoms with van der Waals surface area (Å²) in [5, 5.41) is 16.4. The summed E-state index contributed by atoms with van der Waals surface area (Å²) in [7, 11) is 1.83. The summed E-state index contributed by atoms with van der Waals surface area (Å²) in [6, 6.07) is 6.99. The van der Waals surface area contributed by atoms with E-state index in [1.54, 1.807) is 23.1 Å². The van der Waals surface area contributed by atoms with Gasteiger partial charge in [0.15, 0.2) is 5.82 Å². The summed E-state index contributed by atoms with van der Waals surface area (Å²) in [6.07, 6.45) is 2.38. The fourth-order valence-corrected chi connectivity index (χ4v) is 1.80. The molecular formula is C13H16N4O2. The third-order valence-corrected chi connectivity index (χ3v) is 2.74. The van der Waals surface area contributed by atoms with Crippen molar-refractivity contribution in [2.75, 3.05) is 6.54 Å². The summed E-state index contributed by atoms with van der Waals surface area (Å²) in [5.74, 6) is -0.120. The molecule has 2 N–H and O–H groups in total. The zero-order valence-electron chi connectivity index (χ0n) is 10.7. The van der Waals surface area contributed by atoms with Crippen LogP contribution in [0.5, 0.6) is 0 Å². The van der Waals surface area contributed by atoms with E-state index >= 15 is 0 Å². The minimum Gasteiger partial charge on any atom is -0.478 e. The molecule has 19 heavy (non-hydrogen) atoms. The van der Waals surface area contributed by atoms with Crippen LogP contribution in [0, 0.1) is 0 Å². The molecule has 0 bridgehead atoms. The minimum atomic E-state index is -0.899.